The third-order valence-electron chi connectivity index (χ3n) is 5.49. The fraction of sp³-hybridized carbons (Fsp3) is 0.348. The van der Waals surface area contributed by atoms with Crippen molar-refractivity contribution in [2.75, 3.05) is 13.1 Å². The van der Waals surface area contributed by atoms with Crippen LogP contribution in [0.4, 0.5) is 4.39 Å². The molecule has 4 rings (SSSR count). The SMILES string of the molecule is O=C(CCc1c(-c2ccc(F)cc2)[nH]c2ccccc12)N1CCCCCC1. The molecule has 1 aromatic heterocycles. The van der Waals surface area contributed by atoms with E-state index < -0.39 is 0 Å². The number of nitrogens with zero attached hydrogens (tertiary/aromatic N) is 1. The lowest BCUT2D eigenvalue weighted by Gasteiger charge is -2.20. The summed E-state index contributed by atoms with van der Waals surface area (Å²) in [5.74, 6) is -0.00000953. The number of halogens is 1. The zero-order chi connectivity index (χ0) is 18.6. The molecule has 1 saturated heterocycles. The standard InChI is InChI=1S/C23H25FN2O/c24-18-11-9-17(10-12-18)23-20(19-7-3-4-8-21(19)25-23)13-14-22(27)26-15-5-1-2-6-16-26/h3-4,7-12,25H,1-2,5-6,13-16H2. The van der Waals surface area contributed by atoms with Crippen LogP contribution in [0.25, 0.3) is 22.2 Å². The van der Waals surface area contributed by atoms with Gasteiger partial charge in [-0.05, 0) is 60.7 Å². The largest absolute Gasteiger partial charge is 0.354 e. The van der Waals surface area contributed by atoms with Gasteiger partial charge in [0.15, 0.2) is 0 Å². The average molecular weight is 364 g/mol. The van der Waals surface area contributed by atoms with Crippen molar-refractivity contribution in [1.82, 2.24) is 9.88 Å². The van der Waals surface area contributed by atoms with Gasteiger partial charge >= 0.3 is 0 Å². The summed E-state index contributed by atoms with van der Waals surface area (Å²) in [5, 5.41) is 1.14. The summed E-state index contributed by atoms with van der Waals surface area (Å²) < 4.78 is 13.3. The first kappa shape index (κ1) is 17.8. The lowest BCUT2D eigenvalue weighted by atomic mass is 10.0. The molecule has 1 aliphatic rings. The van der Waals surface area contributed by atoms with E-state index in [-0.39, 0.29) is 11.7 Å². The third-order valence-corrected chi connectivity index (χ3v) is 5.49. The lowest BCUT2D eigenvalue weighted by Crippen LogP contribution is -2.31. The monoisotopic (exact) mass is 364 g/mol. The van der Waals surface area contributed by atoms with Crippen molar-refractivity contribution in [2.45, 2.75) is 38.5 Å². The molecule has 0 unspecified atom stereocenters. The van der Waals surface area contributed by atoms with Crippen LogP contribution in [0.1, 0.15) is 37.7 Å². The molecule has 4 heteroatoms. The number of carbonyl (C=O) groups is 1. The van der Waals surface area contributed by atoms with E-state index in [1.54, 1.807) is 12.1 Å². The number of benzene rings is 2. The Morgan fingerprint density at radius 2 is 1.67 bits per heavy atom. The molecule has 3 aromatic rings. The summed E-state index contributed by atoms with van der Waals surface area (Å²) >= 11 is 0. The van der Waals surface area contributed by atoms with Gasteiger partial charge in [0.2, 0.25) is 5.91 Å². The van der Waals surface area contributed by atoms with Gasteiger partial charge in [-0.1, -0.05) is 31.0 Å². The molecular weight excluding hydrogens is 339 g/mol. The maximum Gasteiger partial charge on any atom is 0.222 e. The van der Waals surface area contributed by atoms with Crippen molar-refractivity contribution in [3.8, 4) is 11.3 Å². The summed E-state index contributed by atoms with van der Waals surface area (Å²) in [4.78, 5) is 18.2. The molecule has 3 nitrogen and oxygen atoms in total. The van der Waals surface area contributed by atoms with Crippen LogP contribution in [-0.4, -0.2) is 28.9 Å². The van der Waals surface area contributed by atoms with Crippen LogP contribution in [0.15, 0.2) is 48.5 Å². The first-order chi connectivity index (χ1) is 13.2. The Kier molecular flexibility index (Phi) is 5.23. The number of carbonyl (C=O) groups excluding carboxylic acids is 1. The van der Waals surface area contributed by atoms with Crippen LogP contribution in [0, 0.1) is 5.82 Å². The Bertz CT molecular complexity index is 921. The first-order valence-corrected chi connectivity index (χ1v) is 9.85. The van der Waals surface area contributed by atoms with Gasteiger partial charge in [-0.15, -0.1) is 0 Å². The third kappa shape index (κ3) is 3.90. The Labute approximate surface area is 159 Å². The second kappa shape index (κ2) is 7.95. The molecule has 2 aromatic carbocycles. The van der Waals surface area contributed by atoms with Gasteiger partial charge in [-0.2, -0.15) is 0 Å². The Morgan fingerprint density at radius 3 is 2.41 bits per heavy atom. The number of fused-ring (bicyclic) bond motifs is 1. The van der Waals surface area contributed by atoms with Crippen molar-refractivity contribution in [3.05, 3.63) is 59.9 Å². The Hall–Kier alpha value is -2.62. The molecule has 0 radical (unpaired) electrons. The number of rotatable bonds is 4. The van der Waals surface area contributed by atoms with E-state index >= 15 is 0 Å². The van der Waals surface area contributed by atoms with Crippen LogP contribution in [-0.2, 0) is 11.2 Å². The highest BCUT2D eigenvalue weighted by molar-refractivity contribution is 5.91. The highest BCUT2D eigenvalue weighted by atomic mass is 19.1. The first-order valence-electron chi connectivity index (χ1n) is 9.85. The van der Waals surface area contributed by atoms with Crippen molar-refractivity contribution >= 4 is 16.8 Å². The Balaban J connectivity index is 1.61. The number of hydrogen-bond acceptors (Lipinski definition) is 1. The molecule has 1 fully saturated rings. The van der Waals surface area contributed by atoms with E-state index in [9.17, 15) is 9.18 Å². The van der Waals surface area contributed by atoms with Gasteiger partial charge in [0.25, 0.3) is 0 Å². The molecule has 0 bridgehead atoms. The molecule has 1 aliphatic heterocycles. The van der Waals surface area contributed by atoms with E-state index in [2.05, 4.69) is 11.1 Å². The molecule has 0 aliphatic carbocycles. The lowest BCUT2D eigenvalue weighted by molar-refractivity contribution is -0.131. The second-order valence-corrected chi connectivity index (χ2v) is 7.33. The minimum absolute atomic E-state index is 0.243. The minimum Gasteiger partial charge on any atom is -0.354 e. The molecule has 140 valence electrons. The second-order valence-electron chi connectivity index (χ2n) is 7.33. The number of likely N-dealkylation sites (tertiary alicyclic amines) is 1. The number of nitrogens with one attached hydrogen (secondary N) is 1. The van der Waals surface area contributed by atoms with Gasteiger partial charge in [-0.3, -0.25) is 4.79 Å². The molecule has 1 N–H and O–H groups in total. The van der Waals surface area contributed by atoms with Crippen LogP contribution in [0.3, 0.4) is 0 Å². The quantitative estimate of drug-likeness (QED) is 0.669. The zero-order valence-corrected chi connectivity index (χ0v) is 15.5. The topological polar surface area (TPSA) is 36.1 Å². The summed E-state index contributed by atoms with van der Waals surface area (Å²) in [7, 11) is 0. The predicted molar refractivity (Wildman–Crippen MR) is 107 cm³/mol. The van der Waals surface area contributed by atoms with E-state index in [1.807, 2.05) is 23.1 Å². The summed E-state index contributed by atoms with van der Waals surface area (Å²) in [6.45, 7) is 1.77. The van der Waals surface area contributed by atoms with E-state index in [4.69, 9.17) is 0 Å². The molecular formula is C23H25FN2O. The summed E-state index contributed by atoms with van der Waals surface area (Å²) in [5.41, 5.74) is 4.12. The molecule has 1 amide bonds. The fourth-order valence-corrected chi connectivity index (χ4v) is 4.03. The van der Waals surface area contributed by atoms with Gasteiger partial charge in [-0.25, -0.2) is 4.39 Å². The normalized spacial score (nSPS) is 15.1. The van der Waals surface area contributed by atoms with Crippen LogP contribution >= 0.6 is 0 Å². The predicted octanol–water partition coefficient (Wildman–Crippen LogP) is 5.31. The number of hydrogen-bond donors (Lipinski definition) is 1. The van der Waals surface area contributed by atoms with Gasteiger partial charge in [0.05, 0.1) is 0 Å². The molecule has 0 spiro atoms. The molecule has 2 heterocycles. The van der Waals surface area contributed by atoms with Crippen LogP contribution < -0.4 is 0 Å². The fourth-order valence-electron chi connectivity index (χ4n) is 4.03. The maximum atomic E-state index is 13.3. The number of amides is 1. The number of H-pyrrole nitrogens is 1. The van der Waals surface area contributed by atoms with Gasteiger partial charge in [0.1, 0.15) is 5.82 Å². The number of para-hydroxylation sites is 1. The summed E-state index contributed by atoms with van der Waals surface area (Å²) in [6, 6.07) is 14.7. The van der Waals surface area contributed by atoms with Crippen molar-refractivity contribution < 1.29 is 9.18 Å². The molecule has 27 heavy (non-hydrogen) atoms. The van der Waals surface area contributed by atoms with Crippen molar-refractivity contribution in [2.24, 2.45) is 0 Å². The van der Waals surface area contributed by atoms with E-state index in [1.165, 1.54) is 25.0 Å². The number of aromatic nitrogens is 1. The van der Waals surface area contributed by atoms with Crippen molar-refractivity contribution in [3.63, 3.8) is 0 Å². The Morgan fingerprint density at radius 1 is 0.963 bits per heavy atom. The minimum atomic E-state index is -0.243. The highest BCUT2D eigenvalue weighted by Crippen LogP contribution is 2.31. The smallest absolute Gasteiger partial charge is 0.222 e. The van der Waals surface area contributed by atoms with Gasteiger partial charge < -0.3 is 9.88 Å². The number of aromatic amines is 1. The van der Waals surface area contributed by atoms with Gasteiger partial charge in [0, 0.05) is 36.1 Å². The number of aryl methyl sites for hydroxylation is 1. The van der Waals surface area contributed by atoms with Crippen LogP contribution in [0.5, 0.6) is 0 Å². The summed E-state index contributed by atoms with van der Waals surface area (Å²) in [6.07, 6.45) is 5.86. The molecule has 0 atom stereocenters. The van der Waals surface area contributed by atoms with E-state index in [0.717, 1.165) is 53.7 Å². The average Bonchev–Trinajstić information content (AvgIpc) is 2.86. The van der Waals surface area contributed by atoms with Crippen molar-refractivity contribution in [1.29, 1.82) is 0 Å². The maximum absolute atomic E-state index is 13.3. The highest BCUT2D eigenvalue weighted by Gasteiger charge is 2.18. The zero-order valence-electron chi connectivity index (χ0n) is 15.5. The molecule has 0 saturated carbocycles. The van der Waals surface area contributed by atoms with E-state index in [0.29, 0.717) is 12.8 Å². The van der Waals surface area contributed by atoms with Crippen LogP contribution in [0.2, 0.25) is 0 Å².